The maximum atomic E-state index is 6.03. The highest BCUT2D eigenvalue weighted by Gasteiger charge is 2.08. The summed E-state index contributed by atoms with van der Waals surface area (Å²) < 4.78 is 0. The van der Waals surface area contributed by atoms with Crippen LogP contribution in [0.15, 0.2) is 29.3 Å². The number of anilines is 2. The van der Waals surface area contributed by atoms with E-state index in [4.69, 9.17) is 28.9 Å². The summed E-state index contributed by atoms with van der Waals surface area (Å²) in [6.45, 7) is 11.7. The molecule has 0 amide bonds. The van der Waals surface area contributed by atoms with Crippen LogP contribution in [-0.2, 0) is 0 Å². The van der Waals surface area contributed by atoms with Crippen molar-refractivity contribution in [3.8, 4) is 0 Å². The molecule has 2 aromatic rings. The average molecular weight is 452 g/mol. The molecule has 1 atom stereocenters. The van der Waals surface area contributed by atoms with Gasteiger partial charge in [0.15, 0.2) is 0 Å². The Morgan fingerprint density at radius 3 is 2.57 bits per heavy atom. The molecule has 0 bridgehead atoms. The van der Waals surface area contributed by atoms with E-state index in [1.54, 1.807) is 18.2 Å². The van der Waals surface area contributed by atoms with Crippen LogP contribution in [-0.4, -0.2) is 46.5 Å². The lowest BCUT2D eigenvalue weighted by atomic mass is 10.1. The Labute approximate surface area is 189 Å². The Morgan fingerprint density at radius 1 is 1.17 bits per heavy atom. The standard InChI is InChI=1S/C21H31Cl2N7/c1-5-30(6-2)11-7-8-14(3)25-19-12-15(4)26-21(28-19)29-20(24)27-16-9-10-17(22)18(23)13-16/h9-10,12-14H,5-8,11H2,1-4H3,(H4,24,25,26,27,28,29). The van der Waals surface area contributed by atoms with Crippen molar-refractivity contribution in [2.45, 2.75) is 46.6 Å². The van der Waals surface area contributed by atoms with E-state index in [2.05, 4.69) is 51.3 Å². The molecule has 0 aliphatic carbocycles. The van der Waals surface area contributed by atoms with Crippen LogP contribution < -0.4 is 16.4 Å². The number of guanidine groups is 1. The third-order valence-corrected chi connectivity index (χ3v) is 5.39. The Balaban J connectivity index is 1.99. The van der Waals surface area contributed by atoms with Crippen molar-refractivity contribution in [1.82, 2.24) is 14.9 Å². The van der Waals surface area contributed by atoms with Gasteiger partial charge in [-0.2, -0.15) is 9.98 Å². The second kappa shape index (κ2) is 11.9. The van der Waals surface area contributed by atoms with Crippen LogP contribution in [0, 0.1) is 6.92 Å². The van der Waals surface area contributed by atoms with E-state index in [0.717, 1.165) is 44.0 Å². The second-order valence-electron chi connectivity index (χ2n) is 7.16. The SMILES string of the molecule is CCN(CC)CCCC(C)Nc1cc(C)nc(/N=C(\N)Nc2ccc(Cl)c(Cl)c2)n1. The maximum Gasteiger partial charge on any atom is 0.254 e. The number of aryl methyl sites for hydroxylation is 1. The summed E-state index contributed by atoms with van der Waals surface area (Å²) in [7, 11) is 0. The third kappa shape index (κ3) is 7.97. The van der Waals surface area contributed by atoms with E-state index in [-0.39, 0.29) is 11.9 Å². The zero-order chi connectivity index (χ0) is 22.1. The molecule has 7 nitrogen and oxygen atoms in total. The predicted octanol–water partition coefficient (Wildman–Crippen LogP) is 5.07. The Hall–Kier alpha value is -2.09. The quantitative estimate of drug-likeness (QED) is 0.344. The molecule has 9 heteroatoms. The number of nitrogens with two attached hydrogens (primary N) is 1. The van der Waals surface area contributed by atoms with Gasteiger partial charge >= 0.3 is 0 Å². The molecule has 164 valence electrons. The van der Waals surface area contributed by atoms with Gasteiger partial charge in [0.2, 0.25) is 5.96 Å². The van der Waals surface area contributed by atoms with Gasteiger partial charge in [-0.1, -0.05) is 37.0 Å². The van der Waals surface area contributed by atoms with Gasteiger partial charge < -0.3 is 21.3 Å². The van der Waals surface area contributed by atoms with Gasteiger partial charge in [-0.05, 0) is 64.5 Å². The molecule has 1 aromatic heterocycles. The first-order valence-electron chi connectivity index (χ1n) is 10.2. The van der Waals surface area contributed by atoms with E-state index >= 15 is 0 Å². The van der Waals surface area contributed by atoms with Gasteiger partial charge in [0.1, 0.15) is 5.82 Å². The summed E-state index contributed by atoms with van der Waals surface area (Å²) in [4.78, 5) is 15.5. The van der Waals surface area contributed by atoms with Crippen molar-refractivity contribution in [3.05, 3.63) is 40.0 Å². The molecule has 0 aliphatic heterocycles. The number of aliphatic imine (C=N–C) groups is 1. The third-order valence-electron chi connectivity index (χ3n) is 4.66. The summed E-state index contributed by atoms with van der Waals surface area (Å²) in [6.07, 6.45) is 2.19. The van der Waals surface area contributed by atoms with Crippen molar-refractivity contribution >= 4 is 46.6 Å². The van der Waals surface area contributed by atoms with Gasteiger partial charge in [0.05, 0.1) is 10.0 Å². The molecule has 0 fully saturated rings. The summed E-state index contributed by atoms with van der Waals surface area (Å²) in [5.41, 5.74) is 7.49. The lowest BCUT2D eigenvalue weighted by Gasteiger charge is -2.20. The van der Waals surface area contributed by atoms with Gasteiger partial charge in [0.25, 0.3) is 5.95 Å². The monoisotopic (exact) mass is 451 g/mol. The van der Waals surface area contributed by atoms with Crippen LogP contribution in [0.3, 0.4) is 0 Å². The number of nitrogens with one attached hydrogen (secondary N) is 2. The smallest absolute Gasteiger partial charge is 0.254 e. The van der Waals surface area contributed by atoms with Crippen LogP contribution in [0.25, 0.3) is 0 Å². The van der Waals surface area contributed by atoms with Crippen molar-refractivity contribution < 1.29 is 0 Å². The normalized spacial score (nSPS) is 12.8. The molecule has 1 unspecified atom stereocenters. The van der Waals surface area contributed by atoms with E-state index in [1.807, 2.05) is 13.0 Å². The minimum Gasteiger partial charge on any atom is -0.369 e. The maximum absolute atomic E-state index is 6.03. The number of benzene rings is 1. The Kier molecular flexibility index (Phi) is 9.62. The van der Waals surface area contributed by atoms with Crippen LogP contribution >= 0.6 is 23.2 Å². The minimum absolute atomic E-state index is 0.164. The van der Waals surface area contributed by atoms with Gasteiger partial charge in [0, 0.05) is 23.5 Å². The fraction of sp³-hybridized carbons (Fsp3) is 0.476. The van der Waals surface area contributed by atoms with Crippen molar-refractivity contribution in [3.63, 3.8) is 0 Å². The number of rotatable bonds is 10. The van der Waals surface area contributed by atoms with Gasteiger partial charge in [-0.15, -0.1) is 0 Å². The highest BCUT2D eigenvalue weighted by molar-refractivity contribution is 6.42. The predicted molar refractivity (Wildman–Crippen MR) is 128 cm³/mol. The summed E-state index contributed by atoms with van der Waals surface area (Å²) in [6, 6.07) is 7.32. The van der Waals surface area contributed by atoms with Crippen LogP contribution in [0.2, 0.25) is 10.0 Å². The zero-order valence-electron chi connectivity index (χ0n) is 18.0. The highest BCUT2D eigenvalue weighted by Crippen LogP contribution is 2.25. The summed E-state index contributed by atoms with van der Waals surface area (Å²) in [5.74, 6) is 1.19. The van der Waals surface area contributed by atoms with Gasteiger partial charge in [-0.3, -0.25) is 0 Å². The molecule has 1 aromatic carbocycles. The molecule has 1 heterocycles. The first-order chi connectivity index (χ1) is 14.3. The molecular weight excluding hydrogens is 421 g/mol. The number of nitrogens with zero attached hydrogens (tertiary/aromatic N) is 4. The first kappa shape index (κ1) is 24.2. The molecule has 30 heavy (non-hydrogen) atoms. The first-order valence-corrected chi connectivity index (χ1v) is 11.0. The molecule has 2 rings (SSSR count). The van der Waals surface area contributed by atoms with Crippen LogP contribution in [0.4, 0.5) is 17.5 Å². The highest BCUT2D eigenvalue weighted by atomic mass is 35.5. The van der Waals surface area contributed by atoms with Gasteiger partial charge in [-0.25, -0.2) is 4.98 Å². The van der Waals surface area contributed by atoms with Crippen molar-refractivity contribution in [2.75, 3.05) is 30.3 Å². The topological polar surface area (TPSA) is 91.5 Å². The van der Waals surface area contributed by atoms with E-state index < -0.39 is 0 Å². The minimum atomic E-state index is 0.164. The van der Waals surface area contributed by atoms with Crippen LogP contribution in [0.5, 0.6) is 0 Å². The average Bonchev–Trinajstić information content (AvgIpc) is 2.67. The van der Waals surface area contributed by atoms with E-state index in [9.17, 15) is 0 Å². The molecule has 0 spiro atoms. The molecule has 0 radical (unpaired) electrons. The zero-order valence-corrected chi connectivity index (χ0v) is 19.6. The lowest BCUT2D eigenvalue weighted by Crippen LogP contribution is -2.25. The van der Waals surface area contributed by atoms with E-state index in [1.165, 1.54) is 0 Å². The fourth-order valence-corrected chi connectivity index (χ4v) is 3.32. The Bertz CT molecular complexity index is 853. The lowest BCUT2D eigenvalue weighted by molar-refractivity contribution is 0.295. The van der Waals surface area contributed by atoms with Crippen molar-refractivity contribution in [1.29, 1.82) is 0 Å². The largest absolute Gasteiger partial charge is 0.369 e. The van der Waals surface area contributed by atoms with E-state index in [0.29, 0.717) is 21.8 Å². The second-order valence-corrected chi connectivity index (χ2v) is 7.97. The summed E-state index contributed by atoms with van der Waals surface area (Å²) in [5, 5.41) is 7.31. The molecular formula is C21H31Cl2N7. The number of aromatic nitrogens is 2. The molecule has 0 aliphatic rings. The Morgan fingerprint density at radius 2 is 1.90 bits per heavy atom. The van der Waals surface area contributed by atoms with Crippen molar-refractivity contribution in [2.24, 2.45) is 10.7 Å². The van der Waals surface area contributed by atoms with Crippen LogP contribution in [0.1, 0.15) is 39.3 Å². The molecule has 0 saturated carbocycles. The number of hydrogen-bond acceptors (Lipinski definition) is 5. The molecule has 4 N–H and O–H groups in total. The summed E-state index contributed by atoms with van der Waals surface area (Å²) >= 11 is 12.0. The fourth-order valence-electron chi connectivity index (χ4n) is 3.02. The number of hydrogen-bond donors (Lipinski definition) is 3. The molecule has 0 saturated heterocycles. The number of halogens is 2.